The van der Waals surface area contributed by atoms with Crippen LogP contribution in [0.4, 0.5) is 20.2 Å². The van der Waals surface area contributed by atoms with Crippen LogP contribution in [0.15, 0.2) is 12.1 Å². The number of aliphatic carboxylic acids is 1. The SMILES string of the molecule is O=C(O)CCNc1c(F)cc([N+](=O)[O-])cc1F. The van der Waals surface area contributed by atoms with Crippen LogP contribution in [-0.2, 0) is 4.79 Å². The molecule has 0 amide bonds. The number of nitro groups is 1. The zero-order valence-electron chi connectivity index (χ0n) is 8.44. The van der Waals surface area contributed by atoms with Crippen molar-refractivity contribution in [3.63, 3.8) is 0 Å². The molecule has 0 radical (unpaired) electrons. The second-order valence-electron chi connectivity index (χ2n) is 3.11. The molecular formula is C9H8F2N2O4. The average Bonchev–Trinajstić information content (AvgIpc) is 2.21. The van der Waals surface area contributed by atoms with Crippen molar-refractivity contribution in [2.75, 3.05) is 11.9 Å². The summed E-state index contributed by atoms with van der Waals surface area (Å²) in [4.78, 5) is 19.6. The molecule has 1 aromatic carbocycles. The van der Waals surface area contributed by atoms with Crippen molar-refractivity contribution in [3.8, 4) is 0 Å². The Morgan fingerprint density at radius 1 is 1.41 bits per heavy atom. The van der Waals surface area contributed by atoms with Crippen LogP contribution in [-0.4, -0.2) is 22.5 Å². The maximum absolute atomic E-state index is 13.2. The van der Waals surface area contributed by atoms with Gasteiger partial charge in [0.2, 0.25) is 0 Å². The zero-order valence-corrected chi connectivity index (χ0v) is 8.44. The summed E-state index contributed by atoms with van der Waals surface area (Å²) in [6.45, 7) is -0.180. The number of nitrogens with one attached hydrogen (secondary N) is 1. The van der Waals surface area contributed by atoms with Gasteiger partial charge in [-0.3, -0.25) is 14.9 Å². The van der Waals surface area contributed by atoms with Crippen LogP contribution >= 0.6 is 0 Å². The number of carboxylic acid groups (broad SMARTS) is 1. The van der Waals surface area contributed by atoms with E-state index in [1.54, 1.807) is 0 Å². The predicted octanol–water partition coefficient (Wildman–Crippen LogP) is 1.76. The van der Waals surface area contributed by atoms with E-state index in [0.717, 1.165) is 0 Å². The fourth-order valence-electron chi connectivity index (χ4n) is 1.13. The molecule has 0 aliphatic carbocycles. The third kappa shape index (κ3) is 3.37. The second kappa shape index (κ2) is 5.19. The first-order chi connectivity index (χ1) is 7.91. The molecule has 0 aromatic heterocycles. The van der Waals surface area contributed by atoms with Gasteiger partial charge in [0.05, 0.1) is 23.5 Å². The highest BCUT2D eigenvalue weighted by Gasteiger charge is 2.16. The Balaban J connectivity index is 2.86. The molecule has 17 heavy (non-hydrogen) atoms. The quantitative estimate of drug-likeness (QED) is 0.610. The van der Waals surface area contributed by atoms with E-state index in [1.165, 1.54) is 0 Å². The summed E-state index contributed by atoms with van der Waals surface area (Å²) in [6.07, 6.45) is -0.324. The summed E-state index contributed by atoms with van der Waals surface area (Å²) in [5.74, 6) is -3.40. The van der Waals surface area contributed by atoms with Gasteiger partial charge in [0.25, 0.3) is 5.69 Å². The van der Waals surface area contributed by atoms with E-state index in [4.69, 9.17) is 5.11 Å². The predicted molar refractivity (Wildman–Crippen MR) is 53.8 cm³/mol. The summed E-state index contributed by atoms with van der Waals surface area (Å²) in [5.41, 5.74) is -1.28. The van der Waals surface area contributed by atoms with Crippen molar-refractivity contribution in [2.45, 2.75) is 6.42 Å². The van der Waals surface area contributed by atoms with Gasteiger partial charge in [0.1, 0.15) is 5.69 Å². The van der Waals surface area contributed by atoms with Crippen LogP contribution in [0.25, 0.3) is 0 Å². The van der Waals surface area contributed by atoms with E-state index < -0.39 is 33.9 Å². The molecule has 2 N–H and O–H groups in total. The average molecular weight is 246 g/mol. The maximum Gasteiger partial charge on any atom is 0.305 e. The van der Waals surface area contributed by atoms with Gasteiger partial charge in [-0.05, 0) is 0 Å². The van der Waals surface area contributed by atoms with Gasteiger partial charge in [0, 0.05) is 6.54 Å². The molecule has 1 rings (SSSR count). The van der Waals surface area contributed by atoms with E-state index in [-0.39, 0.29) is 13.0 Å². The van der Waals surface area contributed by atoms with Gasteiger partial charge in [-0.15, -0.1) is 0 Å². The Labute approximate surface area is 94.0 Å². The number of benzene rings is 1. The summed E-state index contributed by atoms with van der Waals surface area (Å²) < 4.78 is 26.5. The zero-order chi connectivity index (χ0) is 13.0. The molecule has 0 bridgehead atoms. The van der Waals surface area contributed by atoms with Gasteiger partial charge in [-0.25, -0.2) is 8.78 Å². The third-order valence-corrected chi connectivity index (χ3v) is 1.88. The first-order valence-electron chi connectivity index (χ1n) is 4.51. The largest absolute Gasteiger partial charge is 0.481 e. The van der Waals surface area contributed by atoms with Gasteiger partial charge in [-0.1, -0.05) is 0 Å². The normalized spacial score (nSPS) is 10.0. The van der Waals surface area contributed by atoms with Crippen LogP contribution in [0.3, 0.4) is 0 Å². The lowest BCUT2D eigenvalue weighted by atomic mass is 10.2. The minimum atomic E-state index is -1.14. The van der Waals surface area contributed by atoms with Crippen molar-refractivity contribution >= 4 is 17.3 Å². The number of non-ortho nitro benzene ring substituents is 1. The van der Waals surface area contributed by atoms with Crippen LogP contribution in [0.2, 0.25) is 0 Å². The minimum Gasteiger partial charge on any atom is -0.481 e. The first kappa shape index (κ1) is 12.8. The molecule has 6 nitrogen and oxygen atoms in total. The highest BCUT2D eigenvalue weighted by molar-refractivity contribution is 5.67. The van der Waals surface area contributed by atoms with Gasteiger partial charge in [0.15, 0.2) is 11.6 Å². The second-order valence-corrected chi connectivity index (χ2v) is 3.11. The van der Waals surface area contributed by atoms with Crippen LogP contribution in [0.5, 0.6) is 0 Å². The lowest BCUT2D eigenvalue weighted by molar-refractivity contribution is -0.385. The molecule has 1 aromatic rings. The van der Waals surface area contributed by atoms with E-state index in [0.29, 0.717) is 12.1 Å². The Bertz CT molecular complexity index is 441. The number of anilines is 1. The number of hydrogen-bond acceptors (Lipinski definition) is 4. The lowest BCUT2D eigenvalue weighted by Crippen LogP contribution is -2.10. The Morgan fingerprint density at radius 3 is 2.35 bits per heavy atom. The number of halogens is 2. The molecule has 0 saturated heterocycles. The fraction of sp³-hybridized carbons (Fsp3) is 0.222. The highest BCUT2D eigenvalue weighted by atomic mass is 19.1. The molecule has 0 aliphatic heterocycles. The molecule has 0 aliphatic rings. The van der Waals surface area contributed by atoms with Crippen molar-refractivity contribution in [2.24, 2.45) is 0 Å². The van der Waals surface area contributed by atoms with Gasteiger partial charge < -0.3 is 10.4 Å². The molecule has 0 spiro atoms. The number of carbonyl (C=O) groups is 1. The smallest absolute Gasteiger partial charge is 0.305 e. The standard InChI is InChI=1S/C9H8F2N2O4/c10-6-3-5(13(16)17)4-7(11)9(6)12-2-1-8(14)15/h3-4,12H,1-2H2,(H,14,15). The molecular weight excluding hydrogens is 238 g/mol. The monoisotopic (exact) mass is 246 g/mol. The van der Waals surface area contributed by atoms with Crippen LogP contribution in [0.1, 0.15) is 6.42 Å². The lowest BCUT2D eigenvalue weighted by Gasteiger charge is -2.07. The number of nitrogens with zero attached hydrogens (tertiary/aromatic N) is 1. The van der Waals surface area contributed by atoms with E-state index in [9.17, 15) is 23.7 Å². The first-order valence-corrected chi connectivity index (χ1v) is 4.51. The van der Waals surface area contributed by atoms with Gasteiger partial charge in [-0.2, -0.15) is 0 Å². The summed E-state index contributed by atoms with van der Waals surface area (Å²) in [5, 5.41) is 20.8. The molecule has 0 heterocycles. The minimum absolute atomic E-state index is 0.180. The summed E-state index contributed by atoms with van der Waals surface area (Å²) in [6, 6.07) is 1.12. The summed E-state index contributed by atoms with van der Waals surface area (Å²) >= 11 is 0. The molecule has 0 saturated carbocycles. The van der Waals surface area contributed by atoms with Crippen LogP contribution in [0, 0.1) is 21.7 Å². The molecule has 0 unspecified atom stereocenters. The van der Waals surface area contributed by atoms with Crippen LogP contribution < -0.4 is 5.32 Å². The third-order valence-electron chi connectivity index (χ3n) is 1.88. The fourth-order valence-corrected chi connectivity index (χ4v) is 1.13. The number of carboxylic acids is 1. The van der Waals surface area contributed by atoms with Crippen molar-refractivity contribution in [1.82, 2.24) is 0 Å². The van der Waals surface area contributed by atoms with Crippen molar-refractivity contribution in [1.29, 1.82) is 0 Å². The maximum atomic E-state index is 13.2. The Morgan fingerprint density at radius 2 is 1.94 bits per heavy atom. The molecule has 92 valence electrons. The molecule has 8 heteroatoms. The molecule has 0 atom stereocenters. The van der Waals surface area contributed by atoms with Gasteiger partial charge >= 0.3 is 5.97 Å². The van der Waals surface area contributed by atoms with E-state index in [1.807, 2.05) is 0 Å². The van der Waals surface area contributed by atoms with E-state index >= 15 is 0 Å². The van der Waals surface area contributed by atoms with Crippen molar-refractivity contribution in [3.05, 3.63) is 33.9 Å². The summed E-state index contributed by atoms with van der Waals surface area (Å²) in [7, 11) is 0. The van der Waals surface area contributed by atoms with E-state index in [2.05, 4.69) is 5.32 Å². The van der Waals surface area contributed by atoms with Crippen molar-refractivity contribution < 1.29 is 23.6 Å². The Kier molecular flexibility index (Phi) is 3.91. The topological polar surface area (TPSA) is 92.5 Å². The number of nitro benzene ring substituents is 1. The molecule has 0 fully saturated rings. The number of hydrogen-bond donors (Lipinski definition) is 2. The highest BCUT2D eigenvalue weighted by Crippen LogP contribution is 2.24. The Hall–Kier alpha value is -2.25. The number of rotatable bonds is 5.